The van der Waals surface area contributed by atoms with E-state index < -0.39 is 0 Å². The third-order valence-corrected chi connectivity index (χ3v) is 2.75. The van der Waals surface area contributed by atoms with Crippen LogP contribution in [0.5, 0.6) is 0 Å². The summed E-state index contributed by atoms with van der Waals surface area (Å²) in [6, 6.07) is 9.53. The van der Waals surface area contributed by atoms with Gasteiger partial charge in [-0.1, -0.05) is 29.2 Å². The first-order valence-electron chi connectivity index (χ1n) is 4.51. The maximum Gasteiger partial charge on any atom is 0.115 e. The van der Waals surface area contributed by atoms with Crippen molar-refractivity contribution in [3.63, 3.8) is 0 Å². The SMILES string of the molecule is [B]c1cc2cc(C#N)c(C)cc2cc1Cl. The molecule has 0 heterocycles. The van der Waals surface area contributed by atoms with Crippen LogP contribution in [0, 0.1) is 18.3 Å². The summed E-state index contributed by atoms with van der Waals surface area (Å²) < 4.78 is 0. The van der Waals surface area contributed by atoms with Crippen LogP contribution >= 0.6 is 11.6 Å². The number of halogens is 1. The highest BCUT2D eigenvalue weighted by molar-refractivity contribution is 6.45. The highest BCUT2D eigenvalue weighted by atomic mass is 35.5. The summed E-state index contributed by atoms with van der Waals surface area (Å²) >= 11 is 5.92. The van der Waals surface area contributed by atoms with Gasteiger partial charge in [-0.25, -0.2) is 0 Å². The fourth-order valence-electron chi connectivity index (χ4n) is 1.57. The standard InChI is InChI=1S/C12H7BClN/c1-7-2-8-5-12(14)11(13)4-9(8)3-10(7)6-15/h2-5H,1H3. The minimum absolute atomic E-state index is 0.539. The lowest BCUT2D eigenvalue weighted by Gasteiger charge is -2.05. The van der Waals surface area contributed by atoms with E-state index in [1.165, 1.54) is 0 Å². The molecule has 2 radical (unpaired) electrons. The number of hydrogen-bond acceptors (Lipinski definition) is 1. The van der Waals surface area contributed by atoms with Gasteiger partial charge in [0, 0.05) is 5.02 Å². The molecule has 70 valence electrons. The van der Waals surface area contributed by atoms with Crippen LogP contribution in [-0.4, -0.2) is 7.85 Å². The molecule has 0 spiro atoms. The molecule has 2 rings (SSSR count). The van der Waals surface area contributed by atoms with Gasteiger partial charge < -0.3 is 0 Å². The Balaban J connectivity index is 2.84. The van der Waals surface area contributed by atoms with Gasteiger partial charge in [0.2, 0.25) is 0 Å². The van der Waals surface area contributed by atoms with Crippen LogP contribution in [0.4, 0.5) is 0 Å². The molecule has 15 heavy (non-hydrogen) atoms. The number of benzene rings is 2. The summed E-state index contributed by atoms with van der Waals surface area (Å²) in [5.74, 6) is 0. The molecule has 2 aromatic carbocycles. The van der Waals surface area contributed by atoms with Crippen molar-refractivity contribution in [2.24, 2.45) is 0 Å². The minimum atomic E-state index is 0.539. The third-order valence-electron chi connectivity index (χ3n) is 2.42. The molecule has 0 bridgehead atoms. The van der Waals surface area contributed by atoms with Crippen molar-refractivity contribution in [2.75, 3.05) is 0 Å². The molecule has 0 amide bonds. The van der Waals surface area contributed by atoms with Gasteiger partial charge in [-0.2, -0.15) is 5.26 Å². The smallest absolute Gasteiger partial charge is 0.115 e. The summed E-state index contributed by atoms with van der Waals surface area (Å²) in [6.07, 6.45) is 0. The van der Waals surface area contributed by atoms with E-state index in [0.717, 1.165) is 16.3 Å². The molecular weight excluding hydrogens is 204 g/mol. The molecule has 3 heteroatoms. The fourth-order valence-corrected chi connectivity index (χ4v) is 1.75. The van der Waals surface area contributed by atoms with Crippen LogP contribution in [-0.2, 0) is 0 Å². The normalized spacial score (nSPS) is 10.2. The first-order valence-corrected chi connectivity index (χ1v) is 4.89. The molecule has 0 aliphatic rings. The lowest BCUT2D eigenvalue weighted by atomic mass is 9.92. The Morgan fingerprint density at radius 3 is 2.53 bits per heavy atom. The van der Waals surface area contributed by atoms with Gasteiger partial charge in [0.05, 0.1) is 11.6 Å². The number of nitrogens with zero attached hydrogens (tertiary/aromatic N) is 1. The Kier molecular flexibility index (Phi) is 2.42. The topological polar surface area (TPSA) is 23.8 Å². The Morgan fingerprint density at radius 1 is 1.20 bits per heavy atom. The number of fused-ring (bicyclic) bond motifs is 1. The second-order valence-corrected chi connectivity index (χ2v) is 3.91. The van der Waals surface area contributed by atoms with Gasteiger partial charge >= 0.3 is 0 Å². The van der Waals surface area contributed by atoms with Gasteiger partial charge in [-0.15, -0.1) is 0 Å². The van der Waals surface area contributed by atoms with Crippen LogP contribution in [0.3, 0.4) is 0 Å². The van der Waals surface area contributed by atoms with E-state index in [1.807, 2.05) is 25.1 Å². The van der Waals surface area contributed by atoms with Crippen LogP contribution in [0.15, 0.2) is 24.3 Å². The molecule has 1 nitrogen and oxygen atoms in total. The first kappa shape index (κ1) is 10.1. The first-order chi connectivity index (χ1) is 7.11. The Hall–Kier alpha value is -1.46. The van der Waals surface area contributed by atoms with Gasteiger partial charge in [0.25, 0.3) is 0 Å². The average Bonchev–Trinajstić information content (AvgIpc) is 2.20. The number of rotatable bonds is 0. The van der Waals surface area contributed by atoms with Crippen molar-refractivity contribution in [3.05, 3.63) is 40.4 Å². The molecule has 0 fully saturated rings. The maximum absolute atomic E-state index is 8.89. The van der Waals surface area contributed by atoms with Gasteiger partial charge in [-0.05, 0) is 35.4 Å². The molecule has 0 unspecified atom stereocenters. The molecule has 2 aromatic rings. The summed E-state index contributed by atoms with van der Waals surface area (Å²) in [5.41, 5.74) is 2.16. The van der Waals surface area contributed by atoms with Crippen LogP contribution in [0.25, 0.3) is 10.8 Å². The minimum Gasteiger partial charge on any atom is -0.192 e. The second kappa shape index (κ2) is 3.60. The predicted octanol–water partition coefficient (Wildman–Crippen LogP) is 2.47. The third kappa shape index (κ3) is 1.71. The molecule has 0 saturated carbocycles. The maximum atomic E-state index is 8.89. The average molecular weight is 211 g/mol. The lowest BCUT2D eigenvalue weighted by Crippen LogP contribution is -2.03. The summed E-state index contributed by atoms with van der Waals surface area (Å²) in [6.45, 7) is 1.91. The van der Waals surface area contributed by atoms with Crippen molar-refractivity contribution in [1.82, 2.24) is 0 Å². The van der Waals surface area contributed by atoms with Crippen molar-refractivity contribution in [3.8, 4) is 6.07 Å². The van der Waals surface area contributed by atoms with Crippen molar-refractivity contribution >= 4 is 35.7 Å². The summed E-state index contributed by atoms with van der Waals surface area (Å²) in [4.78, 5) is 0. The molecular formula is C12H7BClN. The van der Waals surface area contributed by atoms with E-state index in [2.05, 4.69) is 6.07 Å². The van der Waals surface area contributed by atoms with Crippen molar-refractivity contribution < 1.29 is 0 Å². The van der Waals surface area contributed by atoms with E-state index >= 15 is 0 Å². The van der Waals surface area contributed by atoms with Gasteiger partial charge in [0.1, 0.15) is 7.85 Å². The molecule has 0 aliphatic heterocycles. The quantitative estimate of drug-likeness (QED) is 0.614. The summed E-state index contributed by atoms with van der Waals surface area (Å²) in [7, 11) is 5.70. The van der Waals surface area contributed by atoms with Crippen LogP contribution < -0.4 is 5.46 Å². The molecule has 0 saturated heterocycles. The summed E-state index contributed by atoms with van der Waals surface area (Å²) in [5, 5.41) is 11.4. The Bertz CT molecular complexity index is 584. The highest BCUT2D eigenvalue weighted by Gasteiger charge is 2.03. The van der Waals surface area contributed by atoms with Gasteiger partial charge in [0.15, 0.2) is 0 Å². The Labute approximate surface area is 94.7 Å². The number of hydrogen-bond donors (Lipinski definition) is 0. The zero-order valence-electron chi connectivity index (χ0n) is 8.21. The molecule has 0 atom stereocenters. The molecule has 0 N–H and O–H groups in total. The molecule has 0 aliphatic carbocycles. The lowest BCUT2D eigenvalue weighted by molar-refractivity contribution is 1.42. The van der Waals surface area contributed by atoms with E-state index in [0.29, 0.717) is 16.0 Å². The molecule has 0 aromatic heterocycles. The largest absolute Gasteiger partial charge is 0.192 e. The predicted molar refractivity (Wildman–Crippen MR) is 63.8 cm³/mol. The van der Waals surface area contributed by atoms with Crippen molar-refractivity contribution in [2.45, 2.75) is 6.92 Å². The van der Waals surface area contributed by atoms with E-state index in [9.17, 15) is 0 Å². The zero-order chi connectivity index (χ0) is 11.0. The van der Waals surface area contributed by atoms with Crippen molar-refractivity contribution in [1.29, 1.82) is 5.26 Å². The monoisotopic (exact) mass is 211 g/mol. The van der Waals surface area contributed by atoms with E-state index in [-0.39, 0.29) is 0 Å². The van der Waals surface area contributed by atoms with E-state index in [4.69, 9.17) is 24.7 Å². The Morgan fingerprint density at radius 2 is 1.87 bits per heavy atom. The second-order valence-electron chi connectivity index (χ2n) is 3.50. The zero-order valence-corrected chi connectivity index (χ0v) is 8.97. The van der Waals surface area contributed by atoms with Crippen LogP contribution in [0.1, 0.15) is 11.1 Å². The van der Waals surface area contributed by atoms with Gasteiger partial charge in [-0.3, -0.25) is 0 Å². The highest BCUT2D eigenvalue weighted by Crippen LogP contribution is 2.21. The number of nitriles is 1. The van der Waals surface area contributed by atoms with Crippen LogP contribution in [0.2, 0.25) is 5.02 Å². The fraction of sp³-hybridized carbons (Fsp3) is 0.0833. The van der Waals surface area contributed by atoms with E-state index in [1.54, 1.807) is 6.07 Å². The number of aryl methyl sites for hydroxylation is 1.